The number of amides is 1. The summed E-state index contributed by atoms with van der Waals surface area (Å²) >= 11 is 0. The van der Waals surface area contributed by atoms with Gasteiger partial charge >= 0.3 is 5.97 Å². The molecule has 0 saturated heterocycles. The van der Waals surface area contributed by atoms with Crippen LogP contribution >= 0.6 is 0 Å². The second kappa shape index (κ2) is 9.08. The molecule has 4 nitrogen and oxygen atoms in total. The number of nitrogens with one attached hydrogen (secondary N) is 1. The van der Waals surface area contributed by atoms with E-state index in [1.165, 1.54) is 0 Å². The van der Waals surface area contributed by atoms with Crippen LogP contribution < -0.4 is 5.32 Å². The van der Waals surface area contributed by atoms with Crippen LogP contribution in [0.1, 0.15) is 31.7 Å². The lowest BCUT2D eigenvalue weighted by Crippen LogP contribution is -2.27. The number of carbonyl (C=O) groups is 2. The van der Waals surface area contributed by atoms with E-state index in [4.69, 9.17) is 4.74 Å². The Morgan fingerprint density at radius 3 is 2.42 bits per heavy atom. The molecule has 1 N–H and O–H groups in total. The summed E-state index contributed by atoms with van der Waals surface area (Å²) in [7, 11) is 0. The molecule has 0 unspecified atom stereocenters. The fraction of sp³-hybridized carbons (Fsp3) is 0.300. The first-order valence-electron chi connectivity index (χ1n) is 8.38. The highest BCUT2D eigenvalue weighted by Crippen LogP contribution is 2.28. The number of rotatable bonds is 7. The van der Waals surface area contributed by atoms with Gasteiger partial charge in [0.1, 0.15) is 11.6 Å². The van der Waals surface area contributed by atoms with Gasteiger partial charge in [-0.15, -0.1) is 0 Å². The van der Waals surface area contributed by atoms with Gasteiger partial charge in [-0.2, -0.15) is 0 Å². The summed E-state index contributed by atoms with van der Waals surface area (Å²) in [5, 5.41) is 2.26. The maximum absolute atomic E-state index is 13.5. The molecular weight excluding hydrogens is 340 g/mol. The van der Waals surface area contributed by atoms with Crippen molar-refractivity contribution in [1.29, 1.82) is 0 Å². The fourth-order valence-corrected chi connectivity index (χ4v) is 2.60. The second-order valence-corrected chi connectivity index (χ2v) is 6.05. The van der Waals surface area contributed by atoms with Crippen LogP contribution in [0.15, 0.2) is 48.5 Å². The molecule has 2 aromatic carbocycles. The summed E-state index contributed by atoms with van der Waals surface area (Å²) in [6, 6.07) is 12.0. The summed E-state index contributed by atoms with van der Waals surface area (Å²) in [5.74, 6) is -3.31. The molecule has 1 amide bonds. The van der Waals surface area contributed by atoms with Crippen molar-refractivity contribution in [1.82, 2.24) is 0 Å². The van der Waals surface area contributed by atoms with Crippen molar-refractivity contribution in [2.45, 2.75) is 26.2 Å². The van der Waals surface area contributed by atoms with E-state index in [2.05, 4.69) is 5.32 Å². The highest BCUT2D eigenvalue weighted by Gasteiger charge is 2.27. The van der Waals surface area contributed by atoms with Gasteiger partial charge in [-0.3, -0.25) is 9.59 Å². The van der Waals surface area contributed by atoms with E-state index >= 15 is 0 Å². The van der Waals surface area contributed by atoms with Gasteiger partial charge in [-0.25, -0.2) is 8.78 Å². The predicted molar refractivity (Wildman–Crippen MR) is 94.6 cm³/mol. The van der Waals surface area contributed by atoms with E-state index in [0.717, 1.165) is 24.1 Å². The first kappa shape index (κ1) is 19.6. The minimum absolute atomic E-state index is 0.0301. The molecule has 0 aliphatic heterocycles. The van der Waals surface area contributed by atoms with Gasteiger partial charge in [0.15, 0.2) is 6.61 Å². The Morgan fingerprint density at radius 1 is 1.12 bits per heavy atom. The lowest BCUT2D eigenvalue weighted by atomic mass is 9.86. The predicted octanol–water partition coefficient (Wildman–Crippen LogP) is 4.28. The quantitative estimate of drug-likeness (QED) is 0.749. The van der Waals surface area contributed by atoms with Crippen LogP contribution in [0, 0.1) is 17.6 Å². The molecule has 26 heavy (non-hydrogen) atoms. The van der Waals surface area contributed by atoms with Crippen molar-refractivity contribution in [3.63, 3.8) is 0 Å². The summed E-state index contributed by atoms with van der Waals surface area (Å²) in [6.07, 6.45) is 0.766. The van der Waals surface area contributed by atoms with Gasteiger partial charge < -0.3 is 10.1 Å². The molecule has 0 heterocycles. The third-order valence-corrected chi connectivity index (χ3v) is 4.18. The van der Waals surface area contributed by atoms with Crippen molar-refractivity contribution >= 4 is 17.6 Å². The van der Waals surface area contributed by atoms with E-state index in [0.29, 0.717) is 6.07 Å². The lowest BCUT2D eigenvalue weighted by molar-refractivity contribution is -0.150. The van der Waals surface area contributed by atoms with Crippen molar-refractivity contribution in [2.24, 2.45) is 5.92 Å². The van der Waals surface area contributed by atoms with Crippen LogP contribution in [0.25, 0.3) is 0 Å². The Labute approximate surface area is 151 Å². The number of benzene rings is 2. The molecule has 2 atom stereocenters. The minimum atomic E-state index is -0.897. The standard InChI is InChI=1S/C20H21F2NO3/c1-3-13(2)19(14-7-5-4-6-8-14)20(25)26-12-18(24)23-17-10-9-15(21)11-16(17)22/h4-11,13,19H,3,12H2,1-2H3,(H,23,24)/t13-,19+/m0/s1. The van der Waals surface area contributed by atoms with Gasteiger partial charge in [0, 0.05) is 6.07 Å². The molecule has 0 aliphatic rings. The van der Waals surface area contributed by atoms with Crippen LogP contribution in [-0.2, 0) is 14.3 Å². The maximum Gasteiger partial charge on any atom is 0.314 e. The molecule has 0 bridgehead atoms. The first-order chi connectivity index (χ1) is 12.4. The molecule has 6 heteroatoms. The molecule has 0 radical (unpaired) electrons. The van der Waals surface area contributed by atoms with E-state index in [1.54, 1.807) is 0 Å². The minimum Gasteiger partial charge on any atom is -0.455 e. The van der Waals surface area contributed by atoms with E-state index < -0.39 is 36.0 Å². The van der Waals surface area contributed by atoms with Crippen LogP contribution in [0.2, 0.25) is 0 Å². The van der Waals surface area contributed by atoms with Gasteiger partial charge in [-0.05, 0) is 23.6 Å². The number of anilines is 1. The molecule has 0 saturated carbocycles. The molecule has 0 aliphatic carbocycles. The number of carbonyl (C=O) groups excluding carboxylic acids is 2. The third kappa shape index (κ3) is 5.12. The summed E-state index contributed by atoms with van der Waals surface area (Å²) in [5.41, 5.74) is 0.644. The number of halogens is 2. The molecule has 0 fully saturated rings. The highest BCUT2D eigenvalue weighted by molar-refractivity contribution is 5.93. The summed E-state index contributed by atoms with van der Waals surface area (Å²) < 4.78 is 31.6. The molecule has 0 spiro atoms. The van der Waals surface area contributed by atoms with Crippen LogP contribution in [0.4, 0.5) is 14.5 Å². The van der Waals surface area contributed by atoms with Gasteiger partial charge in [0.25, 0.3) is 5.91 Å². The zero-order valence-electron chi connectivity index (χ0n) is 14.7. The van der Waals surface area contributed by atoms with Crippen molar-refractivity contribution < 1.29 is 23.1 Å². The van der Waals surface area contributed by atoms with Crippen molar-refractivity contribution in [3.05, 3.63) is 65.7 Å². The number of hydrogen-bond donors (Lipinski definition) is 1. The highest BCUT2D eigenvalue weighted by atomic mass is 19.1. The molecular formula is C20H21F2NO3. The molecule has 138 valence electrons. The smallest absolute Gasteiger partial charge is 0.314 e. The van der Waals surface area contributed by atoms with Gasteiger partial charge in [-0.1, -0.05) is 50.6 Å². The van der Waals surface area contributed by atoms with E-state index in [-0.39, 0.29) is 11.6 Å². The van der Waals surface area contributed by atoms with E-state index in [9.17, 15) is 18.4 Å². The number of ether oxygens (including phenoxy) is 1. The Morgan fingerprint density at radius 2 is 1.81 bits per heavy atom. The van der Waals surface area contributed by atoms with E-state index in [1.807, 2.05) is 44.2 Å². The summed E-state index contributed by atoms with van der Waals surface area (Å²) in [4.78, 5) is 24.4. The lowest BCUT2D eigenvalue weighted by Gasteiger charge is -2.21. The molecule has 2 rings (SSSR count). The normalized spacial score (nSPS) is 12.9. The SMILES string of the molecule is CC[C@H](C)[C@@H](C(=O)OCC(=O)Nc1ccc(F)cc1F)c1ccccc1. The summed E-state index contributed by atoms with van der Waals surface area (Å²) in [6.45, 7) is 3.36. The third-order valence-electron chi connectivity index (χ3n) is 4.18. The Bertz CT molecular complexity index is 765. The largest absolute Gasteiger partial charge is 0.455 e. The Kier molecular flexibility index (Phi) is 6.83. The van der Waals surface area contributed by atoms with Crippen molar-refractivity contribution in [2.75, 3.05) is 11.9 Å². The Hall–Kier alpha value is -2.76. The zero-order valence-corrected chi connectivity index (χ0v) is 14.7. The van der Waals surface area contributed by atoms with Crippen LogP contribution in [0.3, 0.4) is 0 Å². The van der Waals surface area contributed by atoms with Gasteiger partial charge in [0.2, 0.25) is 0 Å². The number of hydrogen-bond acceptors (Lipinski definition) is 3. The van der Waals surface area contributed by atoms with Crippen molar-refractivity contribution in [3.8, 4) is 0 Å². The average molecular weight is 361 g/mol. The fourth-order valence-electron chi connectivity index (χ4n) is 2.60. The maximum atomic E-state index is 13.5. The van der Waals surface area contributed by atoms with Crippen LogP contribution in [-0.4, -0.2) is 18.5 Å². The van der Waals surface area contributed by atoms with Gasteiger partial charge in [0.05, 0.1) is 11.6 Å². The molecule has 0 aromatic heterocycles. The molecule has 2 aromatic rings. The zero-order chi connectivity index (χ0) is 19.1. The Balaban J connectivity index is 1.99. The average Bonchev–Trinajstić information content (AvgIpc) is 2.63. The topological polar surface area (TPSA) is 55.4 Å². The monoisotopic (exact) mass is 361 g/mol. The number of esters is 1. The first-order valence-corrected chi connectivity index (χ1v) is 8.38. The van der Waals surface area contributed by atoms with Crippen LogP contribution in [0.5, 0.6) is 0 Å². The second-order valence-electron chi connectivity index (χ2n) is 6.05.